The molecule has 2 atom stereocenters. The third kappa shape index (κ3) is 3.45. The first kappa shape index (κ1) is 20.3. The average molecular weight is 562 g/mol. The molecule has 24 heavy (non-hydrogen) atoms. The standard InChI is InChI=1S/C16H28I2N4O2/c1-3-5-7-9-11-15-16(20-13(23)19-15,12-10-8-6-4-2)22(18)14(24)21(15)17/h3-12H2,1-2H3,(H2,19,20,23). The Morgan fingerprint density at radius 1 is 0.792 bits per heavy atom. The second kappa shape index (κ2) is 8.59. The van der Waals surface area contributed by atoms with Gasteiger partial charge >= 0.3 is 12.1 Å². The van der Waals surface area contributed by atoms with Crippen molar-refractivity contribution in [3.05, 3.63) is 0 Å². The monoisotopic (exact) mass is 562 g/mol. The largest absolute Gasteiger partial charge is 0.341 e. The first-order valence-electron chi connectivity index (χ1n) is 9.01. The van der Waals surface area contributed by atoms with Crippen LogP contribution in [0.1, 0.15) is 78.1 Å². The molecule has 2 aliphatic heterocycles. The van der Waals surface area contributed by atoms with Gasteiger partial charge in [0.15, 0.2) is 11.3 Å². The van der Waals surface area contributed by atoms with Gasteiger partial charge in [-0.25, -0.2) is 15.8 Å². The fraction of sp³-hybridized carbons (Fsp3) is 0.875. The molecule has 2 fully saturated rings. The van der Waals surface area contributed by atoms with E-state index in [4.69, 9.17) is 0 Å². The zero-order chi connectivity index (χ0) is 17.8. The number of fused-ring (bicyclic) bond motifs is 1. The van der Waals surface area contributed by atoms with Gasteiger partial charge in [0.05, 0.1) is 45.7 Å². The minimum absolute atomic E-state index is 0.0466. The van der Waals surface area contributed by atoms with Crippen LogP contribution in [-0.4, -0.2) is 29.6 Å². The van der Waals surface area contributed by atoms with E-state index in [1.54, 1.807) is 6.23 Å². The third-order valence-electron chi connectivity index (χ3n) is 5.12. The van der Waals surface area contributed by atoms with E-state index < -0.39 is 11.3 Å². The van der Waals surface area contributed by atoms with Crippen molar-refractivity contribution < 1.29 is 9.59 Å². The third-order valence-corrected chi connectivity index (χ3v) is 7.59. The van der Waals surface area contributed by atoms with Gasteiger partial charge in [-0.05, 0) is 25.7 Å². The molecule has 2 unspecified atom stereocenters. The lowest BCUT2D eigenvalue weighted by Crippen LogP contribution is -2.64. The summed E-state index contributed by atoms with van der Waals surface area (Å²) in [5.74, 6) is 0. The molecule has 2 heterocycles. The molecule has 2 N–H and O–H groups in total. The van der Waals surface area contributed by atoms with Gasteiger partial charge in [0.2, 0.25) is 0 Å². The Morgan fingerprint density at radius 2 is 1.21 bits per heavy atom. The fourth-order valence-corrected chi connectivity index (χ4v) is 6.16. The number of halogens is 2. The van der Waals surface area contributed by atoms with E-state index in [0.717, 1.165) is 38.5 Å². The van der Waals surface area contributed by atoms with Gasteiger partial charge in [0, 0.05) is 0 Å². The summed E-state index contributed by atoms with van der Waals surface area (Å²) in [5, 5.41) is 6.20. The van der Waals surface area contributed by atoms with Crippen LogP contribution in [0.4, 0.5) is 9.59 Å². The van der Waals surface area contributed by atoms with Gasteiger partial charge in [-0.2, -0.15) is 0 Å². The van der Waals surface area contributed by atoms with E-state index in [1.807, 2.05) is 0 Å². The first-order valence-corrected chi connectivity index (χ1v) is 10.9. The van der Waals surface area contributed by atoms with Crippen LogP contribution in [0.25, 0.3) is 0 Å². The maximum absolute atomic E-state index is 12.7. The normalized spacial score (nSPS) is 29.0. The summed E-state index contributed by atoms with van der Waals surface area (Å²) in [7, 11) is 0. The number of urea groups is 2. The van der Waals surface area contributed by atoms with Gasteiger partial charge in [-0.3, -0.25) is 0 Å². The molecule has 2 saturated heterocycles. The summed E-state index contributed by atoms with van der Waals surface area (Å²) in [4.78, 5) is 24.9. The van der Waals surface area contributed by atoms with Gasteiger partial charge < -0.3 is 10.6 Å². The Kier molecular flexibility index (Phi) is 7.27. The Bertz CT molecular complexity index is 441. The molecule has 8 heteroatoms. The van der Waals surface area contributed by atoms with Crippen LogP contribution in [0, 0.1) is 0 Å². The summed E-state index contributed by atoms with van der Waals surface area (Å²) in [5.41, 5.74) is -1.30. The number of nitrogens with one attached hydrogen (secondary N) is 2. The van der Waals surface area contributed by atoms with Gasteiger partial charge in [-0.1, -0.05) is 52.4 Å². The number of amides is 4. The van der Waals surface area contributed by atoms with Crippen molar-refractivity contribution in [1.82, 2.24) is 16.9 Å². The summed E-state index contributed by atoms with van der Waals surface area (Å²) in [6.07, 6.45) is 10.5. The van der Waals surface area contributed by atoms with Crippen LogP contribution in [-0.2, 0) is 0 Å². The summed E-state index contributed by atoms with van der Waals surface area (Å²) in [6.45, 7) is 4.37. The summed E-state index contributed by atoms with van der Waals surface area (Å²) >= 11 is 4.15. The molecule has 0 radical (unpaired) electrons. The highest BCUT2D eigenvalue weighted by Crippen LogP contribution is 2.50. The number of rotatable bonds is 10. The molecule has 6 nitrogen and oxygen atoms in total. The topological polar surface area (TPSA) is 64.7 Å². The Hall–Kier alpha value is 0. The summed E-state index contributed by atoms with van der Waals surface area (Å²) < 4.78 is 3.42. The van der Waals surface area contributed by atoms with E-state index in [0.29, 0.717) is 0 Å². The average Bonchev–Trinajstić information content (AvgIpc) is 2.93. The van der Waals surface area contributed by atoms with E-state index in [2.05, 4.69) is 70.2 Å². The molecular formula is C16H28I2N4O2. The van der Waals surface area contributed by atoms with Crippen LogP contribution in [0.2, 0.25) is 0 Å². The Labute approximate surface area is 172 Å². The number of nitrogens with zero attached hydrogens (tertiary/aromatic N) is 2. The van der Waals surface area contributed by atoms with Crippen molar-refractivity contribution >= 4 is 57.8 Å². The zero-order valence-corrected chi connectivity index (χ0v) is 18.9. The molecule has 0 spiro atoms. The molecule has 0 aromatic heterocycles. The minimum Gasteiger partial charge on any atom is -0.311 e. The lowest BCUT2D eigenvalue weighted by atomic mass is 9.86. The van der Waals surface area contributed by atoms with Crippen LogP contribution in [0.3, 0.4) is 0 Å². The first-order chi connectivity index (χ1) is 11.4. The Morgan fingerprint density at radius 3 is 1.58 bits per heavy atom. The van der Waals surface area contributed by atoms with Gasteiger partial charge in [0.25, 0.3) is 0 Å². The van der Waals surface area contributed by atoms with Gasteiger partial charge in [0.1, 0.15) is 0 Å². The van der Waals surface area contributed by atoms with E-state index in [9.17, 15) is 9.59 Å². The van der Waals surface area contributed by atoms with Crippen LogP contribution in [0.15, 0.2) is 0 Å². The number of hydrogen-bond acceptors (Lipinski definition) is 2. The molecule has 4 amide bonds. The highest BCUT2D eigenvalue weighted by Gasteiger charge is 2.71. The van der Waals surface area contributed by atoms with Gasteiger partial charge in [-0.15, -0.1) is 0 Å². The maximum atomic E-state index is 12.7. The highest BCUT2D eigenvalue weighted by atomic mass is 127. The van der Waals surface area contributed by atoms with E-state index in [-0.39, 0.29) is 12.1 Å². The molecular weight excluding hydrogens is 534 g/mol. The van der Waals surface area contributed by atoms with Crippen molar-refractivity contribution in [3.63, 3.8) is 0 Å². The van der Waals surface area contributed by atoms with Crippen molar-refractivity contribution in [2.24, 2.45) is 0 Å². The van der Waals surface area contributed by atoms with Crippen molar-refractivity contribution in [3.8, 4) is 0 Å². The molecule has 0 saturated carbocycles. The Balaban J connectivity index is 2.22. The smallest absolute Gasteiger partial charge is 0.311 e. The number of carbonyl (C=O) groups excluding carboxylic acids is 2. The molecule has 0 aromatic rings. The van der Waals surface area contributed by atoms with E-state index in [1.165, 1.54) is 25.7 Å². The van der Waals surface area contributed by atoms with Crippen LogP contribution < -0.4 is 10.6 Å². The molecule has 0 aliphatic carbocycles. The number of hydrogen-bond donors (Lipinski definition) is 2. The SMILES string of the molecule is CCCCCCC12NC(=O)NC1(CCCCCC)N(I)C(=O)N2I. The van der Waals surface area contributed by atoms with Crippen molar-refractivity contribution in [2.45, 2.75) is 89.4 Å². The molecule has 2 aliphatic rings. The lowest BCUT2D eigenvalue weighted by molar-refractivity contribution is 0.108. The number of carbonyl (C=O) groups is 2. The molecule has 0 aromatic carbocycles. The maximum Gasteiger partial charge on any atom is 0.341 e. The quantitative estimate of drug-likeness (QED) is 0.222. The molecule has 138 valence electrons. The molecule has 0 bridgehead atoms. The minimum atomic E-state index is -0.650. The highest BCUT2D eigenvalue weighted by molar-refractivity contribution is 14.1. The van der Waals surface area contributed by atoms with Crippen molar-refractivity contribution in [1.29, 1.82) is 0 Å². The van der Waals surface area contributed by atoms with Crippen LogP contribution in [0.5, 0.6) is 0 Å². The predicted octanol–water partition coefficient (Wildman–Crippen LogP) is 5.07. The predicted molar refractivity (Wildman–Crippen MR) is 112 cm³/mol. The lowest BCUT2D eigenvalue weighted by Gasteiger charge is -2.41. The molecule has 2 rings (SSSR count). The van der Waals surface area contributed by atoms with Crippen molar-refractivity contribution in [2.75, 3.05) is 0 Å². The zero-order valence-electron chi connectivity index (χ0n) is 14.5. The van der Waals surface area contributed by atoms with E-state index >= 15 is 0 Å². The fourth-order valence-electron chi connectivity index (χ4n) is 3.79. The second-order valence-corrected chi connectivity index (χ2v) is 8.69. The van der Waals surface area contributed by atoms with Crippen LogP contribution >= 0.6 is 45.7 Å². The number of unbranched alkanes of at least 4 members (excludes halogenated alkanes) is 6. The second-order valence-electron chi connectivity index (χ2n) is 6.77. The summed E-state index contributed by atoms with van der Waals surface area (Å²) in [6, 6.07) is -0.216.